The number of nitrogens with one attached hydrogen (secondary N) is 2. The minimum absolute atomic E-state index is 0.0592. The molecule has 1 aromatic carbocycles. The van der Waals surface area contributed by atoms with Gasteiger partial charge < -0.3 is 10.5 Å². The van der Waals surface area contributed by atoms with Crippen LogP contribution in [0.4, 0.5) is 0 Å². The maximum Gasteiger partial charge on any atom is 0.331 e. The highest BCUT2D eigenvalue weighted by Crippen LogP contribution is 2.25. The molecule has 0 amide bonds. The molecule has 0 fully saturated rings. The van der Waals surface area contributed by atoms with Crippen molar-refractivity contribution in [2.45, 2.75) is 38.8 Å². The Morgan fingerprint density at radius 3 is 2.75 bits per heavy atom. The van der Waals surface area contributed by atoms with Gasteiger partial charge in [-0.1, -0.05) is 43.7 Å². The third-order valence-corrected chi connectivity index (χ3v) is 4.15. The number of nitrogens with zero attached hydrogens (tertiary/aromatic N) is 2. The molecule has 24 heavy (non-hydrogen) atoms. The van der Waals surface area contributed by atoms with Gasteiger partial charge in [0.15, 0.2) is 0 Å². The normalized spacial score (nSPS) is 16.7. The number of aromatic nitrogens is 2. The molecule has 0 bridgehead atoms. The Morgan fingerprint density at radius 2 is 2.04 bits per heavy atom. The number of H-pyrrole nitrogens is 1. The van der Waals surface area contributed by atoms with Crippen LogP contribution in [0.1, 0.15) is 43.4 Å². The monoisotopic (exact) mass is 328 g/mol. The number of rotatable bonds is 5. The fourth-order valence-corrected chi connectivity index (χ4v) is 2.82. The molecule has 3 rings (SSSR count). The van der Waals surface area contributed by atoms with Gasteiger partial charge in [-0.05, 0) is 12.0 Å². The van der Waals surface area contributed by atoms with Crippen LogP contribution in [0, 0.1) is 0 Å². The van der Waals surface area contributed by atoms with Crippen LogP contribution in [-0.4, -0.2) is 20.4 Å². The molecular weight excluding hydrogens is 308 g/mol. The zero-order chi connectivity index (χ0) is 17.1. The van der Waals surface area contributed by atoms with Gasteiger partial charge in [-0.25, -0.2) is 4.79 Å². The van der Waals surface area contributed by atoms with Crippen molar-refractivity contribution in [1.29, 1.82) is 0 Å². The van der Waals surface area contributed by atoms with Gasteiger partial charge in [0.2, 0.25) is 5.88 Å². The van der Waals surface area contributed by atoms with E-state index < -0.39 is 11.2 Å². The first-order valence-corrected chi connectivity index (χ1v) is 8.05. The van der Waals surface area contributed by atoms with E-state index in [1.54, 1.807) is 0 Å². The SMILES string of the molecule is CCCCn1c(O)c(C2=NN[C@@H](c3ccccc3)C2)c(=O)[nH]c1=O. The number of hydrogen-bond acceptors (Lipinski definition) is 5. The summed E-state index contributed by atoms with van der Waals surface area (Å²) in [5.74, 6) is -0.313. The molecule has 7 heteroatoms. The minimum Gasteiger partial charge on any atom is -0.494 e. The lowest BCUT2D eigenvalue weighted by molar-refractivity contribution is 0.394. The fourth-order valence-electron chi connectivity index (χ4n) is 2.82. The third kappa shape index (κ3) is 2.97. The molecule has 0 aliphatic carbocycles. The molecule has 3 N–H and O–H groups in total. The van der Waals surface area contributed by atoms with Gasteiger partial charge in [-0.15, -0.1) is 0 Å². The summed E-state index contributed by atoms with van der Waals surface area (Å²) in [7, 11) is 0. The van der Waals surface area contributed by atoms with Crippen molar-refractivity contribution >= 4 is 5.71 Å². The first-order chi connectivity index (χ1) is 11.6. The lowest BCUT2D eigenvalue weighted by atomic mass is 10.0. The fraction of sp³-hybridized carbons (Fsp3) is 0.353. The van der Waals surface area contributed by atoms with E-state index in [1.807, 2.05) is 37.3 Å². The molecule has 0 unspecified atom stereocenters. The Balaban J connectivity index is 1.93. The lowest BCUT2D eigenvalue weighted by Crippen LogP contribution is -2.33. The van der Waals surface area contributed by atoms with Crippen molar-refractivity contribution in [3.8, 4) is 5.88 Å². The Labute approximate surface area is 138 Å². The molecule has 2 heterocycles. The van der Waals surface area contributed by atoms with E-state index in [1.165, 1.54) is 4.57 Å². The number of hydrogen-bond donors (Lipinski definition) is 3. The number of aromatic hydroxyl groups is 1. The van der Waals surface area contributed by atoms with E-state index in [4.69, 9.17) is 0 Å². The van der Waals surface area contributed by atoms with E-state index in [-0.39, 0.29) is 17.5 Å². The van der Waals surface area contributed by atoms with E-state index >= 15 is 0 Å². The van der Waals surface area contributed by atoms with Crippen LogP contribution >= 0.6 is 0 Å². The highest BCUT2D eigenvalue weighted by atomic mass is 16.3. The maximum atomic E-state index is 12.2. The lowest BCUT2D eigenvalue weighted by Gasteiger charge is -2.11. The summed E-state index contributed by atoms with van der Waals surface area (Å²) in [6, 6.07) is 9.69. The molecule has 0 saturated heterocycles. The van der Waals surface area contributed by atoms with Crippen LogP contribution in [0.5, 0.6) is 5.88 Å². The van der Waals surface area contributed by atoms with Crippen LogP contribution in [0.3, 0.4) is 0 Å². The second-order valence-electron chi connectivity index (χ2n) is 5.82. The molecule has 0 radical (unpaired) electrons. The largest absolute Gasteiger partial charge is 0.494 e. The summed E-state index contributed by atoms with van der Waals surface area (Å²) in [6.07, 6.45) is 2.07. The van der Waals surface area contributed by atoms with Gasteiger partial charge in [0.25, 0.3) is 5.56 Å². The number of aromatic amines is 1. The first kappa shape index (κ1) is 16.0. The molecule has 7 nitrogen and oxygen atoms in total. The quantitative estimate of drug-likeness (QED) is 0.774. The van der Waals surface area contributed by atoms with E-state index in [9.17, 15) is 14.7 Å². The van der Waals surface area contributed by atoms with Crippen LogP contribution in [0.2, 0.25) is 0 Å². The molecule has 126 valence electrons. The average molecular weight is 328 g/mol. The minimum atomic E-state index is -0.612. The summed E-state index contributed by atoms with van der Waals surface area (Å²) in [5.41, 5.74) is 3.35. The summed E-state index contributed by atoms with van der Waals surface area (Å²) in [4.78, 5) is 26.4. The van der Waals surface area contributed by atoms with Crippen LogP contribution < -0.4 is 16.7 Å². The standard InChI is InChI=1S/C17H20N4O3/c1-2-3-9-21-16(23)14(15(22)18-17(21)24)13-10-12(19-20-13)11-7-5-4-6-8-11/h4-8,12,19,23H,2-3,9-10H2,1H3,(H,18,22,24)/t12-/m1/s1. The second kappa shape index (κ2) is 6.74. The van der Waals surface area contributed by atoms with Gasteiger partial charge in [-0.2, -0.15) is 5.10 Å². The highest BCUT2D eigenvalue weighted by Gasteiger charge is 2.26. The zero-order valence-electron chi connectivity index (χ0n) is 13.5. The molecule has 0 saturated carbocycles. The molecule has 1 atom stereocenters. The van der Waals surface area contributed by atoms with Crippen molar-refractivity contribution < 1.29 is 5.11 Å². The molecular formula is C17H20N4O3. The van der Waals surface area contributed by atoms with Gasteiger partial charge in [0.1, 0.15) is 5.56 Å². The van der Waals surface area contributed by atoms with Crippen LogP contribution in [0.15, 0.2) is 45.0 Å². The predicted molar refractivity (Wildman–Crippen MR) is 91.4 cm³/mol. The summed E-state index contributed by atoms with van der Waals surface area (Å²) in [6.45, 7) is 2.35. The molecule has 0 spiro atoms. The van der Waals surface area contributed by atoms with Gasteiger partial charge in [0.05, 0.1) is 11.8 Å². The first-order valence-electron chi connectivity index (χ1n) is 8.05. The smallest absolute Gasteiger partial charge is 0.331 e. The number of benzene rings is 1. The Bertz CT molecular complexity index is 868. The summed E-state index contributed by atoms with van der Waals surface area (Å²) < 4.78 is 1.19. The molecule has 2 aromatic rings. The van der Waals surface area contributed by atoms with Crippen LogP contribution in [-0.2, 0) is 6.54 Å². The van der Waals surface area contributed by atoms with Crippen LogP contribution in [0.25, 0.3) is 0 Å². The van der Waals surface area contributed by atoms with Gasteiger partial charge in [0, 0.05) is 13.0 Å². The average Bonchev–Trinajstić information content (AvgIpc) is 3.05. The Morgan fingerprint density at radius 1 is 1.29 bits per heavy atom. The van der Waals surface area contributed by atoms with Crippen molar-refractivity contribution in [3.05, 3.63) is 62.3 Å². The van der Waals surface area contributed by atoms with E-state index in [2.05, 4.69) is 15.5 Å². The predicted octanol–water partition coefficient (Wildman–Crippen LogP) is 1.48. The van der Waals surface area contributed by atoms with Crippen molar-refractivity contribution in [1.82, 2.24) is 15.0 Å². The van der Waals surface area contributed by atoms with Crippen molar-refractivity contribution in [2.75, 3.05) is 0 Å². The highest BCUT2D eigenvalue weighted by molar-refractivity contribution is 6.03. The maximum absolute atomic E-state index is 12.2. The Kier molecular flexibility index (Phi) is 4.50. The van der Waals surface area contributed by atoms with Crippen molar-refractivity contribution in [2.24, 2.45) is 5.10 Å². The summed E-state index contributed by atoms with van der Waals surface area (Å²) >= 11 is 0. The van der Waals surface area contributed by atoms with Crippen molar-refractivity contribution in [3.63, 3.8) is 0 Å². The Hall–Kier alpha value is -2.83. The van der Waals surface area contributed by atoms with Gasteiger partial charge >= 0.3 is 5.69 Å². The molecule has 1 aliphatic heterocycles. The molecule has 1 aromatic heterocycles. The zero-order valence-corrected chi connectivity index (χ0v) is 13.5. The third-order valence-electron chi connectivity index (χ3n) is 4.15. The van der Waals surface area contributed by atoms with E-state index in [0.29, 0.717) is 18.7 Å². The topological polar surface area (TPSA) is 99.5 Å². The second-order valence-corrected chi connectivity index (χ2v) is 5.82. The molecule has 1 aliphatic rings. The van der Waals surface area contributed by atoms with Gasteiger partial charge in [-0.3, -0.25) is 14.3 Å². The number of unbranched alkanes of at least 4 members (excludes halogenated alkanes) is 1. The summed E-state index contributed by atoms with van der Waals surface area (Å²) in [5, 5.41) is 14.6. The number of hydrazone groups is 1. The van der Waals surface area contributed by atoms with E-state index in [0.717, 1.165) is 18.4 Å².